The van der Waals surface area contributed by atoms with Crippen molar-refractivity contribution in [3.8, 4) is 0 Å². The molecule has 4 rings (SSSR count). The summed E-state index contributed by atoms with van der Waals surface area (Å²) in [6.45, 7) is 2.82. The number of fused-ring (bicyclic) bond motifs is 1. The van der Waals surface area contributed by atoms with Gasteiger partial charge in [0.25, 0.3) is 0 Å². The first-order valence-electron chi connectivity index (χ1n) is 9.02. The minimum absolute atomic E-state index is 0.157. The van der Waals surface area contributed by atoms with Gasteiger partial charge in [-0.1, -0.05) is 23.4 Å². The number of piperidine rings is 1. The lowest BCUT2D eigenvalue weighted by atomic mass is 9.96. The number of hydrogen-bond donors (Lipinski definition) is 2. The molecule has 8 nitrogen and oxygen atoms in total. The Hall–Kier alpha value is -2.74. The maximum Gasteiger partial charge on any atom is 0.228 e. The van der Waals surface area contributed by atoms with Crippen molar-refractivity contribution in [2.75, 3.05) is 13.1 Å². The van der Waals surface area contributed by atoms with E-state index in [1.807, 2.05) is 40.0 Å². The molecule has 0 bridgehead atoms. The molecule has 1 aliphatic heterocycles. The van der Waals surface area contributed by atoms with Crippen LogP contribution in [0, 0.1) is 5.92 Å². The van der Waals surface area contributed by atoms with E-state index in [4.69, 9.17) is 5.73 Å². The quantitative estimate of drug-likeness (QED) is 0.714. The summed E-state index contributed by atoms with van der Waals surface area (Å²) in [7, 11) is 0. The molecular formula is C18H23N7O. The Balaban J connectivity index is 1.32. The Bertz CT molecular complexity index is 892. The molecule has 26 heavy (non-hydrogen) atoms. The van der Waals surface area contributed by atoms with Crippen LogP contribution in [0.5, 0.6) is 0 Å². The number of carbonyl (C=O) groups is 1. The van der Waals surface area contributed by atoms with Crippen LogP contribution in [0.4, 0.5) is 0 Å². The van der Waals surface area contributed by atoms with E-state index in [0.29, 0.717) is 18.9 Å². The van der Waals surface area contributed by atoms with Crippen LogP contribution in [0.15, 0.2) is 30.5 Å². The van der Waals surface area contributed by atoms with Crippen molar-refractivity contribution in [2.24, 2.45) is 11.7 Å². The average molecular weight is 353 g/mol. The molecule has 0 spiro atoms. The molecule has 3 heterocycles. The summed E-state index contributed by atoms with van der Waals surface area (Å²) in [5.74, 6) is 0.670. The molecule has 2 aromatic heterocycles. The summed E-state index contributed by atoms with van der Waals surface area (Å²) in [4.78, 5) is 14.6. The van der Waals surface area contributed by atoms with Gasteiger partial charge >= 0.3 is 0 Å². The van der Waals surface area contributed by atoms with Crippen LogP contribution in [0.1, 0.15) is 24.2 Å². The van der Waals surface area contributed by atoms with Crippen molar-refractivity contribution in [1.29, 1.82) is 0 Å². The molecule has 1 amide bonds. The lowest BCUT2D eigenvalue weighted by Crippen LogP contribution is -2.40. The summed E-state index contributed by atoms with van der Waals surface area (Å²) in [6, 6.07) is 7.87. The number of H-pyrrole nitrogens is 1. The normalized spacial score (nSPS) is 15.7. The Morgan fingerprint density at radius 3 is 2.85 bits per heavy atom. The second-order valence-corrected chi connectivity index (χ2v) is 6.86. The fourth-order valence-electron chi connectivity index (χ4n) is 3.56. The topological polar surface area (TPSA) is 106 Å². The molecule has 136 valence electrons. The Morgan fingerprint density at radius 2 is 2.08 bits per heavy atom. The molecule has 3 aromatic rings. The first-order valence-corrected chi connectivity index (χ1v) is 9.02. The van der Waals surface area contributed by atoms with Crippen molar-refractivity contribution in [1.82, 2.24) is 30.1 Å². The first-order chi connectivity index (χ1) is 12.7. The molecule has 0 radical (unpaired) electrons. The summed E-state index contributed by atoms with van der Waals surface area (Å²) < 4.78 is 1.86. The Labute approximate surface area is 151 Å². The minimum Gasteiger partial charge on any atom is -0.342 e. The lowest BCUT2D eigenvalue weighted by Gasteiger charge is -2.31. The van der Waals surface area contributed by atoms with E-state index in [1.54, 1.807) is 0 Å². The molecule has 0 saturated carbocycles. The number of carbonyl (C=O) groups excluding carboxylic acids is 1. The summed E-state index contributed by atoms with van der Waals surface area (Å²) in [5.41, 5.74) is 8.18. The van der Waals surface area contributed by atoms with E-state index < -0.39 is 0 Å². The number of rotatable bonds is 5. The van der Waals surface area contributed by atoms with Crippen LogP contribution >= 0.6 is 0 Å². The zero-order valence-corrected chi connectivity index (χ0v) is 14.6. The van der Waals surface area contributed by atoms with Gasteiger partial charge in [-0.2, -0.15) is 5.10 Å². The van der Waals surface area contributed by atoms with Crippen molar-refractivity contribution >= 4 is 16.8 Å². The highest BCUT2D eigenvalue weighted by Crippen LogP contribution is 2.21. The number of hydrogen-bond acceptors (Lipinski definition) is 5. The van der Waals surface area contributed by atoms with E-state index in [-0.39, 0.29) is 5.91 Å². The summed E-state index contributed by atoms with van der Waals surface area (Å²) in [5, 5.41) is 16.4. The predicted molar refractivity (Wildman–Crippen MR) is 97.0 cm³/mol. The van der Waals surface area contributed by atoms with E-state index in [2.05, 4.69) is 20.5 Å². The van der Waals surface area contributed by atoms with Gasteiger partial charge in [-0.15, -0.1) is 5.10 Å². The monoisotopic (exact) mass is 353 g/mol. The number of amides is 1. The molecule has 1 fully saturated rings. The van der Waals surface area contributed by atoms with Gasteiger partial charge in [-0.05, 0) is 24.8 Å². The van der Waals surface area contributed by atoms with Gasteiger partial charge in [0.1, 0.15) is 0 Å². The zero-order chi connectivity index (χ0) is 17.9. The lowest BCUT2D eigenvalue weighted by molar-refractivity contribution is -0.131. The maximum atomic E-state index is 12.7. The molecule has 0 atom stereocenters. The number of nitrogens with zero attached hydrogens (tertiary/aromatic N) is 5. The number of likely N-dealkylation sites (tertiary alicyclic amines) is 1. The molecule has 0 aliphatic carbocycles. The van der Waals surface area contributed by atoms with Crippen LogP contribution in [0.3, 0.4) is 0 Å². The van der Waals surface area contributed by atoms with Gasteiger partial charge in [0.15, 0.2) is 0 Å². The number of aromatic nitrogens is 5. The largest absolute Gasteiger partial charge is 0.342 e. The molecule has 3 N–H and O–H groups in total. The number of nitrogens with one attached hydrogen (secondary N) is 1. The van der Waals surface area contributed by atoms with Crippen LogP contribution in [-0.4, -0.2) is 49.1 Å². The molecule has 1 aliphatic rings. The molecule has 1 saturated heterocycles. The van der Waals surface area contributed by atoms with Crippen molar-refractivity contribution in [2.45, 2.75) is 32.4 Å². The van der Waals surface area contributed by atoms with Gasteiger partial charge in [0.2, 0.25) is 5.91 Å². The summed E-state index contributed by atoms with van der Waals surface area (Å²) >= 11 is 0. The smallest absolute Gasteiger partial charge is 0.228 e. The van der Waals surface area contributed by atoms with Crippen molar-refractivity contribution in [3.05, 3.63) is 41.9 Å². The van der Waals surface area contributed by atoms with Gasteiger partial charge in [0.05, 0.1) is 23.3 Å². The highest BCUT2D eigenvalue weighted by atomic mass is 16.2. The van der Waals surface area contributed by atoms with Gasteiger partial charge in [0, 0.05) is 37.8 Å². The number of benzene rings is 1. The molecule has 0 unspecified atom stereocenters. The average Bonchev–Trinajstić information content (AvgIpc) is 3.29. The highest BCUT2D eigenvalue weighted by Gasteiger charge is 2.24. The van der Waals surface area contributed by atoms with E-state index in [9.17, 15) is 4.79 Å². The standard InChI is InChI=1S/C18H23N7O/c19-10-14-12-25(23-20-14)11-13-5-7-24(8-6-13)18(26)9-17-15-3-1-2-4-16(15)21-22-17/h1-4,12-13H,5-11,19H2,(H,21,22). The number of aromatic amines is 1. The fourth-order valence-corrected chi connectivity index (χ4v) is 3.56. The van der Waals surface area contributed by atoms with E-state index in [0.717, 1.165) is 54.8 Å². The minimum atomic E-state index is 0.157. The highest BCUT2D eigenvalue weighted by molar-refractivity contribution is 5.87. The zero-order valence-electron chi connectivity index (χ0n) is 14.6. The third-order valence-corrected chi connectivity index (χ3v) is 5.08. The molecule has 8 heteroatoms. The molecule has 1 aromatic carbocycles. The van der Waals surface area contributed by atoms with Gasteiger partial charge in [-0.3, -0.25) is 14.6 Å². The second-order valence-electron chi connectivity index (χ2n) is 6.86. The second kappa shape index (κ2) is 7.25. The molecular weight excluding hydrogens is 330 g/mol. The maximum absolute atomic E-state index is 12.7. The fraction of sp³-hybridized carbons (Fsp3) is 0.444. The Morgan fingerprint density at radius 1 is 1.27 bits per heavy atom. The van der Waals surface area contributed by atoms with Crippen molar-refractivity contribution < 1.29 is 4.79 Å². The van der Waals surface area contributed by atoms with Gasteiger partial charge in [-0.25, -0.2) is 0 Å². The third-order valence-electron chi connectivity index (χ3n) is 5.08. The van der Waals surface area contributed by atoms with Crippen LogP contribution in [0.2, 0.25) is 0 Å². The van der Waals surface area contributed by atoms with Crippen molar-refractivity contribution in [3.63, 3.8) is 0 Å². The SMILES string of the molecule is NCc1cn(CC2CCN(C(=O)Cc3[nH]nc4ccccc34)CC2)nn1. The Kier molecular flexibility index (Phi) is 4.66. The summed E-state index contributed by atoms with van der Waals surface area (Å²) in [6.07, 6.45) is 4.23. The van der Waals surface area contributed by atoms with E-state index in [1.165, 1.54) is 0 Å². The van der Waals surface area contributed by atoms with Gasteiger partial charge < -0.3 is 10.6 Å². The first kappa shape index (κ1) is 16.7. The van der Waals surface area contributed by atoms with E-state index >= 15 is 0 Å². The predicted octanol–water partition coefficient (Wildman–Crippen LogP) is 1.09. The van der Waals surface area contributed by atoms with Crippen LogP contribution in [-0.2, 0) is 24.3 Å². The van der Waals surface area contributed by atoms with Crippen LogP contribution < -0.4 is 5.73 Å². The third kappa shape index (κ3) is 3.45. The number of nitrogens with two attached hydrogens (primary N) is 1. The number of para-hydroxylation sites is 1. The van der Waals surface area contributed by atoms with Crippen LogP contribution in [0.25, 0.3) is 10.9 Å².